The second-order valence-corrected chi connectivity index (χ2v) is 10.2. The van der Waals surface area contributed by atoms with Gasteiger partial charge < -0.3 is 16.0 Å². The van der Waals surface area contributed by atoms with E-state index >= 15 is 0 Å². The molecule has 0 aliphatic carbocycles. The molecule has 0 aliphatic rings. The van der Waals surface area contributed by atoms with Crippen LogP contribution in [0, 0.1) is 17.8 Å². The number of rotatable bonds is 16. The lowest BCUT2D eigenvalue weighted by Gasteiger charge is -2.27. The molecule has 37 heavy (non-hydrogen) atoms. The van der Waals surface area contributed by atoms with Gasteiger partial charge >= 0.3 is 0 Å². The smallest absolute Gasteiger partial charge is 0.242 e. The van der Waals surface area contributed by atoms with Crippen molar-refractivity contribution in [3.8, 4) is 11.1 Å². The average Bonchev–Trinajstić information content (AvgIpc) is 2.89. The first-order chi connectivity index (χ1) is 17.8. The lowest BCUT2D eigenvalue weighted by atomic mass is 9.81. The zero-order valence-corrected chi connectivity index (χ0v) is 22.9. The molecule has 0 saturated carbocycles. The maximum Gasteiger partial charge on any atom is 0.242 e. The van der Waals surface area contributed by atoms with Crippen molar-refractivity contribution in [2.24, 2.45) is 23.5 Å². The predicted molar refractivity (Wildman–Crippen MR) is 148 cm³/mol. The normalized spacial score (nSPS) is 12.7. The molecule has 0 saturated heterocycles. The summed E-state index contributed by atoms with van der Waals surface area (Å²) in [7, 11) is 0. The van der Waals surface area contributed by atoms with Crippen LogP contribution in [0.15, 0.2) is 48.8 Å². The van der Waals surface area contributed by atoms with Crippen LogP contribution in [0.3, 0.4) is 0 Å². The van der Waals surface area contributed by atoms with Crippen molar-refractivity contribution in [1.82, 2.24) is 15.2 Å². The number of aromatic nitrogens is 1. The van der Waals surface area contributed by atoms with Crippen LogP contribution in [0.2, 0.25) is 0 Å². The van der Waals surface area contributed by atoms with E-state index in [1.807, 2.05) is 57.3 Å². The lowest BCUT2D eigenvalue weighted by molar-refractivity contribution is -0.137. The highest BCUT2D eigenvalue weighted by atomic mass is 16.2. The first-order valence-corrected chi connectivity index (χ1v) is 13.6. The number of amides is 3. The van der Waals surface area contributed by atoms with Gasteiger partial charge in [0.05, 0.1) is 6.54 Å². The molecule has 2 aromatic rings. The van der Waals surface area contributed by atoms with E-state index < -0.39 is 17.7 Å². The lowest BCUT2D eigenvalue weighted by Crippen LogP contribution is -2.45. The maximum atomic E-state index is 13.3. The predicted octanol–water partition coefficient (Wildman–Crippen LogP) is 4.95. The summed E-state index contributed by atoms with van der Waals surface area (Å²) in [5, 5.41) is 2.82. The minimum absolute atomic E-state index is 0.108. The fourth-order valence-electron chi connectivity index (χ4n) is 4.65. The van der Waals surface area contributed by atoms with E-state index in [1.165, 1.54) is 0 Å². The third-order valence-corrected chi connectivity index (χ3v) is 6.59. The third kappa shape index (κ3) is 9.98. The number of benzene rings is 1. The van der Waals surface area contributed by atoms with E-state index in [4.69, 9.17) is 5.73 Å². The molecular formula is C30H44N4O3. The first-order valence-electron chi connectivity index (χ1n) is 13.6. The van der Waals surface area contributed by atoms with Gasteiger partial charge in [0, 0.05) is 42.9 Å². The molecule has 3 N–H and O–H groups in total. The van der Waals surface area contributed by atoms with Crippen molar-refractivity contribution in [3.63, 3.8) is 0 Å². The van der Waals surface area contributed by atoms with Gasteiger partial charge in [0.1, 0.15) is 0 Å². The number of primary amides is 1. The summed E-state index contributed by atoms with van der Waals surface area (Å²) < 4.78 is 0. The standard InChI is InChI=1S/C30H44N4O3/c1-5-7-11-15-34(21-23-17-25(19-32-18-23)24-13-9-8-10-14-24)28(35)20-33-30(37)27(16-22(3)4)26(12-6-2)29(31)36/h8-10,13-14,17-19,22,26-27H,5-7,11-12,15-16,20-21H2,1-4H3,(H2,31,36)(H,33,37). The van der Waals surface area contributed by atoms with Crippen LogP contribution in [-0.2, 0) is 20.9 Å². The summed E-state index contributed by atoms with van der Waals surface area (Å²) in [5.41, 5.74) is 8.65. The fraction of sp³-hybridized carbons (Fsp3) is 0.533. The molecular weight excluding hydrogens is 464 g/mol. The second-order valence-electron chi connectivity index (χ2n) is 10.2. The topological polar surface area (TPSA) is 105 Å². The summed E-state index contributed by atoms with van der Waals surface area (Å²) in [4.78, 5) is 44.7. The number of unbranched alkanes of at least 4 members (excludes halogenated alkanes) is 2. The Labute approximate surface area is 222 Å². The van der Waals surface area contributed by atoms with Crippen LogP contribution in [0.25, 0.3) is 11.1 Å². The van der Waals surface area contributed by atoms with Gasteiger partial charge in [-0.25, -0.2) is 0 Å². The Morgan fingerprint density at radius 1 is 0.973 bits per heavy atom. The Hall–Kier alpha value is -3.22. The highest BCUT2D eigenvalue weighted by molar-refractivity contribution is 5.89. The van der Waals surface area contributed by atoms with Crippen molar-refractivity contribution in [2.45, 2.75) is 72.8 Å². The van der Waals surface area contributed by atoms with E-state index in [0.29, 0.717) is 25.9 Å². The number of nitrogens with two attached hydrogens (primary N) is 1. The Balaban J connectivity index is 2.13. The molecule has 0 aliphatic heterocycles. The molecule has 1 heterocycles. The molecule has 7 heteroatoms. The largest absolute Gasteiger partial charge is 0.369 e. The number of pyridine rings is 1. The number of carbonyl (C=O) groups is 3. The van der Waals surface area contributed by atoms with Gasteiger partial charge in [-0.05, 0) is 42.4 Å². The van der Waals surface area contributed by atoms with Gasteiger partial charge in [-0.3, -0.25) is 19.4 Å². The van der Waals surface area contributed by atoms with Crippen molar-refractivity contribution in [1.29, 1.82) is 0 Å². The highest BCUT2D eigenvalue weighted by Crippen LogP contribution is 2.25. The minimum Gasteiger partial charge on any atom is -0.369 e. The Bertz CT molecular complexity index is 993. The summed E-state index contributed by atoms with van der Waals surface area (Å²) in [6.07, 6.45) is 8.43. The van der Waals surface area contributed by atoms with Crippen LogP contribution in [0.4, 0.5) is 0 Å². The van der Waals surface area contributed by atoms with E-state index in [9.17, 15) is 14.4 Å². The first kappa shape index (κ1) is 30.0. The zero-order chi connectivity index (χ0) is 27.2. The van der Waals surface area contributed by atoms with E-state index in [0.717, 1.165) is 42.4 Å². The molecule has 7 nitrogen and oxygen atoms in total. The van der Waals surface area contributed by atoms with Gasteiger partial charge in [-0.2, -0.15) is 0 Å². The Morgan fingerprint density at radius 3 is 2.32 bits per heavy atom. The van der Waals surface area contributed by atoms with Gasteiger partial charge in [0.25, 0.3) is 0 Å². The Morgan fingerprint density at radius 2 is 1.70 bits per heavy atom. The molecule has 2 atom stereocenters. The van der Waals surface area contributed by atoms with Crippen LogP contribution >= 0.6 is 0 Å². The van der Waals surface area contributed by atoms with Crippen molar-refractivity contribution < 1.29 is 14.4 Å². The van der Waals surface area contributed by atoms with E-state index in [1.54, 1.807) is 11.1 Å². The zero-order valence-electron chi connectivity index (χ0n) is 22.9. The second kappa shape index (κ2) is 15.8. The Kier molecular flexibility index (Phi) is 12.8. The maximum absolute atomic E-state index is 13.3. The quantitative estimate of drug-likeness (QED) is 0.313. The molecule has 0 radical (unpaired) electrons. The number of nitrogens with zero attached hydrogens (tertiary/aromatic N) is 2. The van der Waals surface area contributed by atoms with Gasteiger partial charge in [0.15, 0.2) is 0 Å². The van der Waals surface area contributed by atoms with Gasteiger partial charge in [0.2, 0.25) is 17.7 Å². The fourth-order valence-corrected chi connectivity index (χ4v) is 4.65. The number of nitrogens with one attached hydrogen (secondary N) is 1. The molecule has 1 aromatic heterocycles. The van der Waals surface area contributed by atoms with Gasteiger partial charge in [-0.1, -0.05) is 77.3 Å². The van der Waals surface area contributed by atoms with Crippen LogP contribution in [0.5, 0.6) is 0 Å². The molecule has 1 aromatic carbocycles. The highest BCUT2D eigenvalue weighted by Gasteiger charge is 2.32. The number of carbonyl (C=O) groups excluding carboxylic acids is 3. The molecule has 0 bridgehead atoms. The van der Waals surface area contributed by atoms with E-state index in [2.05, 4.69) is 23.3 Å². The number of hydrogen-bond donors (Lipinski definition) is 2. The monoisotopic (exact) mass is 508 g/mol. The number of hydrogen-bond acceptors (Lipinski definition) is 4. The molecule has 2 rings (SSSR count). The van der Waals surface area contributed by atoms with Gasteiger partial charge in [-0.15, -0.1) is 0 Å². The SMILES string of the molecule is CCCCCN(Cc1cncc(-c2ccccc2)c1)C(=O)CNC(=O)C(CC(C)C)C(CCC)C(N)=O. The summed E-state index contributed by atoms with van der Waals surface area (Å²) in [6.45, 7) is 9.04. The summed E-state index contributed by atoms with van der Waals surface area (Å²) >= 11 is 0. The van der Waals surface area contributed by atoms with Crippen molar-refractivity contribution >= 4 is 17.7 Å². The molecule has 0 fully saturated rings. The average molecular weight is 509 g/mol. The molecule has 0 spiro atoms. The summed E-state index contributed by atoms with van der Waals surface area (Å²) in [5.74, 6) is -1.73. The van der Waals surface area contributed by atoms with Crippen LogP contribution in [-0.4, -0.2) is 40.7 Å². The van der Waals surface area contributed by atoms with Crippen molar-refractivity contribution in [2.75, 3.05) is 13.1 Å². The molecule has 3 amide bonds. The van der Waals surface area contributed by atoms with Crippen LogP contribution in [0.1, 0.15) is 71.8 Å². The summed E-state index contributed by atoms with van der Waals surface area (Å²) in [6, 6.07) is 12.1. The molecule has 202 valence electrons. The van der Waals surface area contributed by atoms with Crippen LogP contribution < -0.4 is 11.1 Å². The molecule has 2 unspecified atom stereocenters. The minimum atomic E-state index is -0.537. The van der Waals surface area contributed by atoms with E-state index in [-0.39, 0.29) is 24.3 Å². The third-order valence-electron chi connectivity index (χ3n) is 6.59. The van der Waals surface area contributed by atoms with Crippen molar-refractivity contribution in [3.05, 3.63) is 54.4 Å².